The summed E-state index contributed by atoms with van der Waals surface area (Å²) in [6.07, 6.45) is 1.68. The molecule has 0 aliphatic rings. The van der Waals surface area contributed by atoms with E-state index in [4.69, 9.17) is 0 Å². The van der Waals surface area contributed by atoms with E-state index in [9.17, 15) is 4.79 Å². The summed E-state index contributed by atoms with van der Waals surface area (Å²) in [7, 11) is 0. The van der Waals surface area contributed by atoms with Gasteiger partial charge < -0.3 is 9.97 Å². The Labute approximate surface area is 130 Å². The third-order valence-corrected chi connectivity index (χ3v) is 3.91. The molecule has 6 nitrogen and oxygen atoms in total. The molecule has 1 unspecified atom stereocenters. The Hall–Kier alpha value is -2.67. The first-order chi connectivity index (χ1) is 10.7. The van der Waals surface area contributed by atoms with Crippen LogP contribution in [-0.2, 0) is 0 Å². The molecule has 108 valence electrons. The number of pyridine rings is 1. The Morgan fingerprint density at radius 3 is 2.68 bits per heavy atom. The molecule has 0 saturated carbocycles. The summed E-state index contributed by atoms with van der Waals surface area (Å²) in [5.74, 6) is 1.04. The number of para-hydroxylation sites is 1. The van der Waals surface area contributed by atoms with Crippen LogP contribution in [0.5, 0.6) is 0 Å². The minimum atomic E-state index is -0.466. The van der Waals surface area contributed by atoms with E-state index in [1.165, 1.54) is 0 Å². The molecule has 0 aliphatic carbocycles. The van der Waals surface area contributed by atoms with Crippen molar-refractivity contribution in [2.75, 3.05) is 0 Å². The number of benzene rings is 1. The van der Waals surface area contributed by atoms with E-state index in [1.807, 2.05) is 24.3 Å². The number of hydrogen-bond donors (Lipinski definition) is 3. The minimum absolute atomic E-state index is 0.186. The van der Waals surface area contributed by atoms with Crippen molar-refractivity contribution in [2.24, 2.45) is 0 Å². The van der Waals surface area contributed by atoms with E-state index < -0.39 is 5.25 Å². The summed E-state index contributed by atoms with van der Waals surface area (Å²) in [5.41, 5.74) is 1.88. The molecule has 4 aromatic rings. The van der Waals surface area contributed by atoms with Crippen LogP contribution in [0.15, 0.2) is 47.4 Å². The maximum Gasteiger partial charge on any atom is 0.258 e. The predicted octanol–water partition coefficient (Wildman–Crippen LogP) is 2.21. The van der Waals surface area contributed by atoms with Crippen LogP contribution in [0.4, 0.5) is 0 Å². The lowest BCUT2D eigenvalue weighted by Crippen LogP contribution is -2.14. The van der Waals surface area contributed by atoms with Crippen LogP contribution in [0.3, 0.4) is 0 Å². The maximum atomic E-state index is 12.1. The monoisotopic (exact) mass is 309 g/mol. The van der Waals surface area contributed by atoms with Crippen molar-refractivity contribution in [3.63, 3.8) is 0 Å². The Bertz CT molecular complexity index is 1010. The number of thiol groups is 1. The van der Waals surface area contributed by atoms with Crippen molar-refractivity contribution in [1.29, 1.82) is 0 Å². The van der Waals surface area contributed by atoms with Gasteiger partial charge in [-0.25, -0.2) is 15.0 Å². The molecule has 1 atom stereocenters. The lowest BCUT2D eigenvalue weighted by atomic mass is 10.2. The zero-order valence-corrected chi connectivity index (χ0v) is 12.2. The molecule has 2 N–H and O–H groups in total. The second-order valence-electron chi connectivity index (χ2n) is 4.87. The van der Waals surface area contributed by atoms with Gasteiger partial charge in [-0.3, -0.25) is 4.79 Å². The average molecular weight is 309 g/mol. The van der Waals surface area contributed by atoms with Gasteiger partial charge in [-0.05, 0) is 24.3 Å². The van der Waals surface area contributed by atoms with Gasteiger partial charge in [-0.15, -0.1) is 0 Å². The van der Waals surface area contributed by atoms with Crippen molar-refractivity contribution < 1.29 is 0 Å². The zero-order chi connectivity index (χ0) is 15.1. The van der Waals surface area contributed by atoms with Gasteiger partial charge in [0.05, 0.1) is 16.4 Å². The molecular weight excluding hydrogens is 298 g/mol. The first-order valence-corrected chi connectivity index (χ1v) is 7.21. The summed E-state index contributed by atoms with van der Waals surface area (Å²) in [4.78, 5) is 31.1. The quantitative estimate of drug-likeness (QED) is 0.495. The highest BCUT2D eigenvalue weighted by Crippen LogP contribution is 2.25. The van der Waals surface area contributed by atoms with E-state index in [-0.39, 0.29) is 5.56 Å². The van der Waals surface area contributed by atoms with Crippen LogP contribution in [0.25, 0.3) is 22.1 Å². The molecule has 0 saturated heterocycles. The van der Waals surface area contributed by atoms with Crippen molar-refractivity contribution in [2.45, 2.75) is 5.25 Å². The van der Waals surface area contributed by atoms with Crippen molar-refractivity contribution >= 4 is 34.7 Å². The molecule has 3 heterocycles. The van der Waals surface area contributed by atoms with Gasteiger partial charge in [0, 0.05) is 6.20 Å². The molecule has 0 radical (unpaired) electrons. The normalized spacial score (nSPS) is 12.8. The zero-order valence-electron chi connectivity index (χ0n) is 11.3. The summed E-state index contributed by atoms with van der Waals surface area (Å²) < 4.78 is 0. The Kier molecular flexibility index (Phi) is 2.93. The van der Waals surface area contributed by atoms with Gasteiger partial charge in [0.15, 0.2) is 5.65 Å². The van der Waals surface area contributed by atoms with Crippen molar-refractivity contribution in [1.82, 2.24) is 24.9 Å². The van der Waals surface area contributed by atoms with Gasteiger partial charge in [0.1, 0.15) is 16.9 Å². The highest BCUT2D eigenvalue weighted by molar-refractivity contribution is 7.80. The highest BCUT2D eigenvalue weighted by atomic mass is 32.1. The summed E-state index contributed by atoms with van der Waals surface area (Å²) >= 11 is 4.54. The molecular formula is C15H11N5OS. The molecule has 0 fully saturated rings. The van der Waals surface area contributed by atoms with E-state index in [0.29, 0.717) is 28.2 Å². The first kappa shape index (κ1) is 13.0. The van der Waals surface area contributed by atoms with Gasteiger partial charge in [0.25, 0.3) is 5.56 Å². The molecule has 0 amide bonds. The number of aromatic nitrogens is 5. The van der Waals surface area contributed by atoms with E-state index in [0.717, 1.165) is 5.52 Å². The second-order valence-corrected chi connectivity index (χ2v) is 5.38. The molecule has 22 heavy (non-hydrogen) atoms. The largest absolute Gasteiger partial charge is 0.339 e. The van der Waals surface area contributed by atoms with Crippen LogP contribution in [-0.4, -0.2) is 24.9 Å². The minimum Gasteiger partial charge on any atom is -0.339 e. The summed E-state index contributed by atoms with van der Waals surface area (Å²) in [6.45, 7) is 0. The third kappa shape index (κ3) is 2.06. The topological polar surface area (TPSA) is 87.3 Å². The Morgan fingerprint density at radius 2 is 1.82 bits per heavy atom. The van der Waals surface area contributed by atoms with Crippen LogP contribution in [0.2, 0.25) is 0 Å². The fourth-order valence-electron chi connectivity index (χ4n) is 2.36. The molecule has 1 aromatic carbocycles. The SMILES string of the molecule is O=c1[nH]c(C(S)c2nc3ncccc3[nH]2)nc2ccccc12. The number of imidazole rings is 1. The Morgan fingerprint density at radius 1 is 1.00 bits per heavy atom. The van der Waals surface area contributed by atoms with E-state index >= 15 is 0 Å². The molecule has 4 rings (SSSR count). The van der Waals surface area contributed by atoms with Crippen LogP contribution in [0, 0.1) is 0 Å². The fourth-order valence-corrected chi connectivity index (χ4v) is 2.60. The number of hydrogen-bond acceptors (Lipinski definition) is 5. The number of nitrogens with zero attached hydrogens (tertiary/aromatic N) is 3. The highest BCUT2D eigenvalue weighted by Gasteiger charge is 2.17. The number of rotatable bonds is 2. The van der Waals surface area contributed by atoms with Crippen molar-refractivity contribution in [3.8, 4) is 0 Å². The van der Waals surface area contributed by atoms with Crippen LogP contribution in [0.1, 0.15) is 16.9 Å². The fraction of sp³-hybridized carbons (Fsp3) is 0.0667. The van der Waals surface area contributed by atoms with Gasteiger partial charge in [-0.1, -0.05) is 12.1 Å². The van der Waals surface area contributed by atoms with Gasteiger partial charge >= 0.3 is 0 Å². The summed E-state index contributed by atoms with van der Waals surface area (Å²) in [5, 5.41) is 0.0876. The van der Waals surface area contributed by atoms with E-state index in [1.54, 1.807) is 18.3 Å². The molecule has 0 aliphatic heterocycles. The molecule has 7 heteroatoms. The molecule has 3 aromatic heterocycles. The first-order valence-electron chi connectivity index (χ1n) is 6.70. The smallest absolute Gasteiger partial charge is 0.258 e. The average Bonchev–Trinajstić information content (AvgIpc) is 2.98. The molecule has 0 spiro atoms. The number of fused-ring (bicyclic) bond motifs is 2. The number of H-pyrrole nitrogens is 2. The third-order valence-electron chi connectivity index (χ3n) is 3.42. The second kappa shape index (κ2) is 4.96. The lowest BCUT2D eigenvalue weighted by Gasteiger charge is -2.07. The van der Waals surface area contributed by atoms with Crippen LogP contribution >= 0.6 is 12.6 Å². The lowest BCUT2D eigenvalue weighted by molar-refractivity contribution is 0.906. The summed E-state index contributed by atoms with van der Waals surface area (Å²) in [6, 6.07) is 10.9. The maximum absolute atomic E-state index is 12.1. The predicted molar refractivity (Wildman–Crippen MR) is 87.1 cm³/mol. The van der Waals surface area contributed by atoms with Gasteiger partial charge in [-0.2, -0.15) is 12.6 Å². The number of aromatic amines is 2. The van der Waals surface area contributed by atoms with Crippen LogP contribution < -0.4 is 5.56 Å². The molecule has 0 bridgehead atoms. The van der Waals surface area contributed by atoms with Crippen molar-refractivity contribution in [3.05, 3.63) is 64.6 Å². The number of nitrogens with one attached hydrogen (secondary N) is 2. The van der Waals surface area contributed by atoms with Gasteiger partial charge in [0.2, 0.25) is 0 Å². The van der Waals surface area contributed by atoms with E-state index in [2.05, 4.69) is 37.5 Å². The Balaban J connectivity index is 1.85. The standard InChI is InChI=1S/C15H11N5OS/c21-15-8-4-1-2-5-9(8)17-14(20-15)11(22)13-18-10-6-3-7-16-12(10)19-13/h1-7,11,22H,(H,16,18,19)(H,17,20,21).